The monoisotopic (exact) mass is 713 g/mol. The molecular formula is C36H67N5O7S. The average Bonchev–Trinajstić information content (AvgIpc) is 3.48. The van der Waals surface area contributed by atoms with Crippen molar-refractivity contribution in [1.82, 2.24) is 20.9 Å². The number of β-amino-alcohol motifs (C(OH)–C–C–N with tert-alkyl or cyclic N) is 1. The number of hydrogen-bond acceptors (Lipinski definition) is 8. The summed E-state index contributed by atoms with van der Waals surface area (Å²) in [7, 11) is 0. The number of likely N-dealkylation sites (tertiary alicyclic amines) is 1. The van der Waals surface area contributed by atoms with Gasteiger partial charge in [-0.1, -0.05) is 96.8 Å². The summed E-state index contributed by atoms with van der Waals surface area (Å²) in [5.74, 6) is -2.58. The predicted molar refractivity (Wildman–Crippen MR) is 196 cm³/mol. The van der Waals surface area contributed by atoms with Crippen LogP contribution in [-0.2, 0) is 24.0 Å². The fraction of sp³-hybridized carbons (Fsp3) is 0.861. The minimum Gasteiger partial charge on any atom is -0.480 e. The molecule has 7 N–H and O–H groups in total. The van der Waals surface area contributed by atoms with Crippen molar-refractivity contribution in [1.29, 1.82) is 0 Å². The van der Waals surface area contributed by atoms with Crippen LogP contribution in [0.3, 0.4) is 0 Å². The minimum absolute atomic E-state index is 0.00164. The molecule has 1 aliphatic rings. The Morgan fingerprint density at radius 2 is 1.37 bits per heavy atom. The van der Waals surface area contributed by atoms with Gasteiger partial charge < -0.3 is 36.8 Å². The fourth-order valence-electron chi connectivity index (χ4n) is 6.15. The number of rotatable bonds is 30. The molecule has 0 aromatic heterocycles. The number of hydrogen-bond donors (Lipinski definition) is 6. The Bertz CT molecular complexity index is 957. The first-order chi connectivity index (χ1) is 23.6. The van der Waals surface area contributed by atoms with Crippen LogP contribution in [0.2, 0.25) is 0 Å². The molecule has 284 valence electrons. The highest BCUT2D eigenvalue weighted by Crippen LogP contribution is 2.19. The molecule has 0 aromatic rings. The molecule has 0 unspecified atom stereocenters. The molecular weight excluding hydrogens is 646 g/mol. The first kappa shape index (κ1) is 44.6. The van der Waals surface area contributed by atoms with Crippen LogP contribution in [0, 0.1) is 0 Å². The first-order valence-corrected chi connectivity index (χ1v) is 20.3. The molecule has 1 aliphatic heterocycles. The number of aliphatic hydroxyl groups is 1. The summed E-state index contributed by atoms with van der Waals surface area (Å²) < 4.78 is 0. The standard InChI is InChI=1S/C36H67N5O7S/c1-3-4-5-6-7-8-9-10-11-12-13-14-15-16-17-21-32(43)38-26-33(44)41-27-28(42)25-31(41)35(46)39-29(22-24-49-2)34(45)40-30(36(47)48)20-18-19-23-37/h28-31,42H,3-27,37H2,1-2H3,(H,38,43)(H,39,46)(H,40,45)(H,47,48)/t28-,29+,30+,31+/m1/s1. The van der Waals surface area contributed by atoms with Crippen molar-refractivity contribution < 1.29 is 34.2 Å². The third-order valence-electron chi connectivity index (χ3n) is 9.15. The van der Waals surface area contributed by atoms with Crippen molar-refractivity contribution in [3.05, 3.63) is 0 Å². The molecule has 0 spiro atoms. The lowest BCUT2D eigenvalue weighted by molar-refractivity contribution is -0.143. The van der Waals surface area contributed by atoms with E-state index >= 15 is 0 Å². The maximum absolute atomic E-state index is 13.3. The van der Waals surface area contributed by atoms with Gasteiger partial charge in [0, 0.05) is 19.4 Å². The van der Waals surface area contributed by atoms with Gasteiger partial charge in [-0.3, -0.25) is 19.2 Å². The van der Waals surface area contributed by atoms with Gasteiger partial charge in [0.05, 0.1) is 12.6 Å². The Kier molecular flexibility index (Phi) is 25.8. The van der Waals surface area contributed by atoms with E-state index in [1.807, 2.05) is 6.26 Å². The summed E-state index contributed by atoms with van der Waals surface area (Å²) in [6.07, 6.45) is 21.5. The molecule has 0 radical (unpaired) electrons. The van der Waals surface area contributed by atoms with Gasteiger partial charge in [-0.2, -0.15) is 11.8 Å². The van der Waals surface area contributed by atoms with Crippen LogP contribution >= 0.6 is 11.8 Å². The normalized spacial score (nSPS) is 17.0. The largest absolute Gasteiger partial charge is 0.480 e. The topological polar surface area (TPSA) is 191 Å². The number of nitrogens with two attached hydrogens (primary N) is 1. The Morgan fingerprint density at radius 3 is 1.90 bits per heavy atom. The lowest BCUT2D eigenvalue weighted by Crippen LogP contribution is -2.56. The zero-order chi connectivity index (χ0) is 36.3. The number of aliphatic carboxylic acids is 1. The fourth-order valence-corrected chi connectivity index (χ4v) is 6.63. The Balaban J connectivity index is 2.41. The molecule has 0 saturated carbocycles. The molecule has 0 bridgehead atoms. The number of carbonyl (C=O) groups excluding carboxylic acids is 4. The second-order valence-electron chi connectivity index (χ2n) is 13.5. The molecule has 4 amide bonds. The molecule has 12 nitrogen and oxygen atoms in total. The smallest absolute Gasteiger partial charge is 0.326 e. The van der Waals surface area contributed by atoms with E-state index in [2.05, 4.69) is 22.9 Å². The van der Waals surface area contributed by atoms with Crippen LogP contribution in [0.5, 0.6) is 0 Å². The molecule has 13 heteroatoms. The van der Waals surface area contributed by atoms with Gasteiger partial charge >= 0.3 is 5.97 Å². The van der Waals surface area contributed by atoms with Crippen LogP contribution in [0.1, 0.15) is 142 Å². The first-order valence-electron chi connectivity index (χ1n) is 18.9. The maximum atomic E-state index is 13.3. The highest BCUT2D eigenvalue weighted by atomic mass is 32.2. The molecule has 4 atom stereocenters. The summed E-state index contributed by atoms with van der Waals surface area (Å²) >= 11 is 1.47. The van der Waals surface area contributed by atoms with Crippen molar-refractivity contribution in [3.63, 3.8) is 0 Å². The third kappa shape index (κ3) is 20.8. The van der Waals surface area contributed by atoms with Crippen LogP contribution in [0.4, 0.5) is 0 Å². The summed E-state index contributed by atoms with van der Waals surface area (Å²) in [5.41, 5.74) is 5.50. The summed E-state index contributed by atoms with van der Waals surface area (Å²) in [6.45, 7) is 2.32. The summed E-state index contributed by atoms with van der Waals surface area (Å²) in [4.78, 5) is 64.7. The maximum Gasteiger partial charge on any atom is 0.326 e. The van der Waals surface area contributed by atoms with Crippen molar-refractivity contribution in [2.75, 3.05) is 31.6 Å². The molecule has 1 rings (SSSR count). The van der Waals surface area contributed by atoms with E-state index in [1.54, 1.807) is 0 Å². The molecule has 49 heavy (non-hydrogen) atoms. The summed E-state index contributed by atoms with van der Waals surface area (Å²) in [5, 5.41) is 27.7. The van der Waals surface area contributed by atoms with E-state index < -0.39 is 47.9 Å². The van der Waals surface area contributed by atoms with Crippen molar-refractivity contribution in [2.45, 2.75) is 166 Å². The Labute approximate surface area is 299 Å². The average molecular weight is 714 g/mol. The molecule has 1 heterocycles. The van der Waals surface area contributed by atoms with E-state index in [0.29, 0.717) is 31.6 Å². The molecule has 1 saturated heterocycles. The van der Waals surface area contributed by atoms with Crippen LogP contribution < -0.4 is 21.7 Å². The second kappa shape index (κ2) is 28.3. The zero-order valence-corrected chi connectivity index (χ0v) is 31.2. The lowest BCUT2D eigenvalue weighted by Gasteiger charge is -2.27. The number of carbonyl (C=O) groups is 5. The van der Waals surface area contributed by atoms with Gasteiger partial charge in [-0.15, -0.1) is 0 Å². The summed E-state index contributed by atoms with van der Waals surface area (Å²) in [6, 6.07) is -3.14. The number of amides is 4. The Morgan fingerprint density at radius 1 is 0.796 bits per heavy atom. The van der Waals surface area contributed by atoms with E-state index in [1.165, 1.54) is 93.7 Å². The van der Waals surface area contributed by atoms with E-state index in [0.717, 1.165) is 19.3 Å². The van der Waals surface area contributed by atoms with Crippen molar-refractivity contribution in [3.8, 4) is 0 Å². The van der Waals surface area contributed by atoms with Gasteiger partial charge in [0.25, 0.3) is 0 Å². The van der Waals surface area contributed by atoms with Crippen LogP contribution in [0.15, 0.2) is 0 Å². The van der Waals surface area contributed by atoms with Gasteiger partial charge in [0.2, 0.25) is 23.6 Å². The Hall–Kier alpha value is -2.38. The SMILES string of the molecule is CCCCCCCCCCCCCCCCCC(=O)NCC(=O)N1C[C@H](O)C[C@H]1C(=O)N[C@@H](CCSC)C(=O)N[C@@H](CCCCN)C(=O)O. The number of thioether (sulfide) groups is 1. The van der Waals surface area contributed by atoms with Gasteiger partial charge in [0.15, 0.2) is 0 Å². The molecule has 1 fully saturated rings. The van der Waals surface area contributed by atoms with Crippen LogP contribution in [0.25, 0.3) is 0 Å². The highest BCUT2D eigenvalue weighted by Gasteiger charge is 2.40. The van der Waals surface area contributed by atoms with E-state index in [4.69, 9.17) is 5.73 Å². The molecule has 0 aliphatic carbocycles. The van der Waals surface area contributed by atoms with E-state index in [-0.39, 0.29) is 38.3 Å². The minimum atomic E-state index is -1.17. The number of carboxylic acids is 1. The molecule has 0 aromatic carbocycles. The van der Waals surface area contributed by atoms with Crippen LogP contribution in [-0.4, -0.2) is 101 Å². The van der Waals surface area contributed by atoms with Gasteiger partial charge in [-0.25, -0.2) is 4.79 Å². The van der Waals surface area contributed by atoms with Crippen molar-refractivity contribution >= 4 is 41.4 Å². The lowest BCUT2D eigenvalue weighted by atomic mass is 10.0. The second-order valence-corrected chi connectivity index (χ2v) is 14.4. The number of nitrogens with zero attached hydrogens (tertiary/aromatic N) is 1. The number of aliphatic hydroxyl groups excluding tert-OH is 1. The number of nitrogens with one attached hydrogen (secondary N) is 3. The highest BCUT2D eigenvalue weighted by molar-refractivity contribution is 7.98. The quantitative estimate of drug-likeness (QED) is 0.0591. The zero-order valence-electron chi connectivity index (χ0n) is 30.4. The number of unbranched alkanes of at least 4 members (excludes halogenated alkanes) is 15. The van der Waals surface area contributed by atoms with Gasteiger partial charge in [0.1, 0.15) is 18.1 Å². The van der Waals surface area contributed by atoms with Gasteiger partial charge in [-0.05, 0) is 50.7 Å². The predicted octanol–water partition coefficient (Wildman–Crippen LogP) is 4.26. The van der Waals surface area contributed by atoms with Crippen molar-refractivity contribution in [2.24, 2.45) is 5.73 Å². The van der Waals surface area contributed by atoms with E-state index in [9.17, 15) is 34.2 Å². The third-order valence-corrected chi connectivity index (χ3v) is 9.80. The number of carboxylic acid groups (broad SMARTS) is 1.